The largest absolute Gasteiger partial charge is 0.481 e. The van der Waals surface area contributed by atoms with E-state index in [2.05, 4.69) is 32.5 Å². The Morgan fingerprint density at radius 3 is 3.10 bits per heavy atom. The zero-order valence-electron chi connectivity index (χ0n) is 11.6. The molecule has 0 bridgehead atoms. The van der Waals surface area contributed by atoms with E-state index in [1.165, 1.54) is 5.56 Å². The summed E-state index contributed by atoms with van der Waals surface area (Å²) in [6.07, 6.45) is 2.87. The zero-order valence-corrected chi connectivity index (χ0v) is 13.3. The molecule has 112 valence electrons. The summed E-state index contributed by atoms with van der Waals surface area (Å²) in [5.41, 5.74) is 2.21. The van der Waals surface area contributed by atoms with Crippen LogP contribution < -0.4 is 5.32 Å². The maximum absolute atomic E-state index is 11.1. The average molecular weight is 322 g/mol. The first-order valence-electron chi connectivity index (χ1n) is 7.14. The van der Waals surface area contributed by atoms with Gasteiger partial charge >= 0.3 is 5.97 Å². The Kier molecular flexibility index (Phi) is 4.67. The van der Waals surface area contributed by atoms with E-state index >= 15 is 0 Å². The molecule has 2 aromatic rings. The monoisotopic (exact) mass is 322 g/mol. The molecule has 1 saturated carbocycles. The van der Waals surface area contributed by atoms with Crippen molar-refractivity contribution in [1.82, 2.24) is 10.3 Å². The van der Waals surface area contributed by atoms with Crippen molar-refractivity contribution < 1.29 is 9.90 Å². The van der Waals surface area contributed by atoms with Crippen molar-refractivity contribution in [2.45, 2.75) is 25.8 Å². The molecule has 0 spiro atoms. The van der Waals surface area contributed by atoms with Gasteiger partial charge in [-0.3, -0.25) is 4.79 Å². The Morgan fingerprint density at radius 2 is 2.33 bits per heavy atom. The predicted octanol–water partition coefficient (Wildman–Crippen LogP) is 3.46. The minimum absolute atomic E-state index is 0.172. The van der Waals surface area contributed by atoms with Crippen molar-refractivity contribution in [3.63, 3.8) is 0 Å². The van der Waals surface area contributed by atoms with E-state index in [0.29, 0.717) is 6.54 Å². The van der Waals surface area contributed by atoms with Crippen molar-refractivity contribution in [3.05, 3.63) is 27.9 Å². The molecule has 2 atom stereocenters. The summed E-state index contributed by atoms with van der Waals surface area (Å²) in [7, 11) is 0. The van der Waals surface area contributed by atoms with Crippen LogP contribution in [0.4, 0.5) is 0 Å². The third-order valence-corrected chi connectivity index (χ3v) is 5.63. The lowest BCUT2D eigenvalue weighted by Crippen LogP contribution is -2.28. The second-order valence-corrected chi connectivity index (χ2v) is 7.06. The normalized spacial score (nSPS) is 21.7. The molecule has 0 aromatic carbocycles. The Morgan fingerprint density at radius 1 is 1.43 bits per heavy atom. The Bertz CT molecular complexity index is 595. The lowest BCUT2D eigenvalue weighted by Gasteiger charge is -2.15. The van der Waals surface area contributed by atoms with E-state index in [4.69, 9.17) is 0 Å². The maximum atomic E-state index is 11.1. The second-order valence-electron chi connectivity index (χ2n) is 5.42. The fourth-order valence-corrected chi connectivity index (χ4v) is 4.43. The molecule has 3 rings (SSSR count). The minimum atomic E-state index is -0.646. The van der Waals surface area contributed by atoms with E-state index in [0.717, 1.165) is 36.5 Å². The lowest BCUT2D eigenvalue weighted by atomic mass is 9.96. The Balaban J connectivity index is 1.51. The van der Waals surface area contributed by atoms with Crippen LogP contribution in [0.5, 0.6) is 0 Å². The molecule has 1 aliphatic rings. The molecule has 21 heavy (non-hydrogen) atoms. The maximum Gasteiger partial charge on any atom is 0.306 e. The molecule has 1 aliphatic carbocycles. The first-order valence-corrected chi connectivity index (χ1v) is 8.97. The number of carboxylic acid groups (broad SMARTS) is 1. The number of hydrogen-bond donors (Lipinski definition) is 2. The van der Waals surface area contributed by atoms with Crippen LogP contribution >= 0.6 is 22.7 Å². The van der Waals surface area contributed by atoms with Gasteiger partial charge in [0, 0.05) is 22.9 Å². The Hall–Kier alpha value is -1.24. The van der Waals surface area contributed by atoms with Crippen LogP contribution in [-0.4, -0.2) is 22.6 Å². The van der Waals surface area contributed by atoms with E-state index in [1.54, 1.807) is 22.7 Å². The van der Waals surface area contributed by atoms with Crippen molar-refractivity contribution in [1.29, 1.82) is 0 Å². The third kappa shape index (κ3) is 3.51. The highest BCUT2D eigenvalue weighted by molar-refractivity contribution is 7.14. The second kappa shape index (κ2) is 6.68. The molecule has 0 amide bonds. The lowest BCUT2D eigenvalue weighted by molar-refractivity contribution is -0.142. The fraction of sp³-hybridized carbons (Fsp3) is 0.467. The molecule has 2 N–H and O–H groups in total. The van der Waals surface area contributed by atoms with Crippen LogP contribution in [0, 0.1) is 11.8 Å². The highest BCUT2D eigenvalue weighted by Crippen LogP contribution is 2.31. The van der Waals surface area contributed by atoms with Gasteiger partial charge in [0.15, 0.2) is 0 Å². The van der Waals surface area contributed by atoms with E-state index in [9.17, 15) is 9.90 Å². The first kappa shape index (κ1) is 14.7. The van der Waals surface area contributed by atoms with Gasteiger partial charge in [-0.1, -0.05) is 6.42 Å². The van der Waals surface area contributed by atoms with Gasteiger partial charge in [0.1, 0.15) is 5.01 Å². The summed E-state index contributed by atoms with van der Waals surface area (Å²) in [6.45, 7) is 1.48. The summed E-state index contributed by atoms with van der Waals surface area (Å²) in [5, 5.41) is 19.8. The number of nitrogens with one attached hydrogen (secondary N) is 1. The van der Waals surface area contributed by atoms with Crippen molar-refractivity contribution >= 4 is 28.6 Å². The summed E-state index contributed by atoms with van der Waals surface area (Å²) in [4.78, 5) is 15.8. The number of thiazole rings is 1. The predicted molar refractivity (Wildman–Crippen MR) is 85.6 cm³/mol. The van der Waals surface area contributed by atoms with Crippen LogP contribution in [0.2, 0.25) is 0 Å². The molecule has 0 saturated heterocycles. The molecule has 0 aliphatic heterocycles. The standard InChI is InChI=1S/C15H18N2O2S2/c18-15(19)13-3-1-2-10(13)6-16-7-12-9-21-14(17-12)11-4-5-20-8-11/h4-5,8-10,13,16H,1-3,6-7H2,(H,18,19). The number of thiophene rings is 1. The van der Waals surface area contributed by atoms with Crippen molar-refractivity contribution in [2.24, 2.45) is 11.8 Å². The summed E-state index contributed by atoms with van der Waals surface area (Å²) in [6, 6.07) is 2.08. The van der Waals surface area contributed by atoms with Crippen molar-refractivity contribution in [2.75, 3.05) is 6.54 Å². The number of hydrogen-bond acceptors (Lipinski definition) is 5. The van der Waals surface area contributed by atoms with Crippen molar-refractivity contribution in [3.8, 4) is 10.6 Å². The number of nitrogens with zero attached hydrogens (tertiary/aromatic N) is 1. The molecule has 4 nitrogen and oxygen atoms in total. The van der Waals surface area contributed by atoms with Gasteiger partial charge in [-0.05, 0) is 36.8 Å². The highest BCUT2D eigenvalue weighted by Gasteiger charge is 2.32. The zero-order chi connectivity index (χ0) is 14.7. The number of carboxylic acids is 1. The van der Waals surface area contributed by atoms with E-state index < -0.39 is 5.97 Å². The average Bonchev–Trinajstić information content (AvgIpc) is 3.20. The molecule has 2 unspecified atom stereocenters. The molecular weight excluding hydrogens is 304 g/mol. The molecule has 2 aromatic heterocycles. The van der Waals surface area contributed by atoms with Gasteiger partial charge in [0.05, 0.1) is 11.6 Å². The quantitative estimate of drug-likeness (QED) is 0.855. The topological polar surface area (TPSA) is 62.2 Å². The summed E-state index contributed by atoms with van der Waals surface area (Å²) < 4.78 is 0. The van der Waals surface area contributed by atoms with Gasteiger partial charge in [0.25, 0.3) is 0 Å². The number of aromatic nitrogens is 1. The molecule has 6 heteroatoms. The summed E-state index contributed by atoms with van der Waals surface area (Å²) >= 11 is 3.33. The highest BCUT2D eigenvalue weighted by atomic mass is 32.1. The van der Waals surface area contributed by atoms with Crippen LogP contribution in [0.1, 0.15) is 25.0 Å². The van der Waals surface area contributed by atoms with Gasteiger partial charge in [-0.2, -0.15) is 11.3 Å². The first-order chi connectivity index (χ1) is 10.2. The SMILES string of the molecule is O=C(O)C1CCCC1CNCc1csc(-c2ccsc2)n1. The summed E-state index contributed by atoms with van der Waals surface area (Å²) in [5.74, 6) is -0.556. The third-order valence-electron chi connectivity index (χ3n) is 4.01. The number of aliphatic carboxylic acids is 1. The number of carbonyl (C=O) groups is 1. The van der Waals surface area contributed by atoms with Gasteiger partial charge in [-0.15, -0.1) is 11.3 Å². The van der Waals surface area contributed by atoms with E-state index in [1.807, 2.05) is 0 Å². The van der Waals surface area contributed by atoms with Gasteiger partial charge in [0.2, 0.25) is 0 Å². The van der Waals surface area contributed by atoms with Crippen LogP contribution in [-0.2, 0) is 11.3 Å². The molecular formula is C15H18N2O2S2. The minimum Gasteiger partial charge on any atom is -0.481 e. The van der Waals surface area contributed by atoms with E-state index in [-0.39, 0.29) is 11.8 Å². The van der Waals surface area contributed by atoms with Crippen LogP contribution in [0.15, 0.2) is 22.2 Å². The number of rotatable bonds is 6. The van der Waals surface area contributed by atoms with Gasteiger partial charge < -0.3 is 10.4 Å². The fourth-order valence-electron chi connectivity index (χ4n) is 2.90. The van der Waals surface area contributed by atoms with Gasteiger partial charge in [-0.25, -0.2) is 4.98 Å². The van der Waals surface area contributed by atoms with Crippen LogP contribution in [0.3, 0.4) is 0 Å². The molecule has 2 heterocycles. The molecule has 1 fully saturated rings. The van der Waals surface area contributed by atoms with Crippen LogP contribution in [0.25, 0.3) is 10.6 Å². The molecule has 0 radical (unpaired) electrons. The Labute approximate surface area is 131 Å². The smallest absolute Gasteiger partial charge is 0.306 e.